The van der Waals surface area contributed by atoms with Crippen molar-refractivity contribution in [3.8, 4) is 0 Å². The summed E-state index contributed by atoms with van der Waals surface area (Å²) >= 11 is 0. The van der Waals surface area contributed by atoms with Crippen LogP contribution in [-0.4, -0.2) is 57.5 Å². The Balaban J connectivity index is 1.60. The summed E-state index contributed by atoms with van der Waals surface area (Å²) in [7, 11) is 0. The van der Waals surface area contributed by atoms with Crippen LogP contribution >= 0.6 is 0 Å². The average Bonchev–Trinajstić information content (AvgIpc) is 3.05. The number of para-hydroxylation sites is 1. The molecule has 0 aliphatic carbocycles. The van der Waals surface area contributed by atoms with Crippen LogP contribution in [0.4, 0.5) is 18.9 Å². The number of aromatic nitrogens is 2. The summed E-state index contributed by atoms with van der Waals surface area (Å²) in [6.07, 6.45) is 0.150. The first kappa shape index (κ1) is 23.3. The smallest absolute Gasteiger partial charge is 0.331 e. The number of rotatable bonds is 6. The molecule has 1 atom stereocenters. The number of imidazole rings is 1. The Kier molecular flexibility index (Phi) is 7.38. The molecule has 6 nitrogen and oxygen atoms in total. The van der Waals surface area contributed by atoms with E-state index in [-0.39, 0.29) is 5.69 Å². The Morgan fingerprint density at radius 2 is 1.87 bits per heavy atom. The predicted octanol–water partition coefficient (Wildman–Crippen LogP) is 4.02. The Morgan fingerprint density at radius 3 is 2.58 bits per heavy atom. The van der Waals surface area contributed by atoms with Crippen LogP contribution in [0.1, 0.15) is 44.6 Å². The van der Waals surface area contributed by atoms with Gasteiger partial charge in [-0.15, -0.1) is 0 Å². The highest BCUT2D eigenvalue weighted by Gasteiger charge is 2.34. The highest BCUT2D eigenvalue weighted by atomic mass is 19.4. The van der Waals surface area contributed by atoms with Crippen LogP contribution in [0.25, 0.3) is 0 Å². The van der Waals surface area contributed by atoms with Crippen molar-refractivity contribution in [2.45, 2.75) is 52.0 Å². The van der Waals surface area contributed by atoms with Gasteiger partial charge in [0.15, 0.2) is 0 Å². The normalized spacial score (nSPS) is 17.5. The molecule has 1 saturated heterocycles. The largest absolute Gasteiger partial charge is 0.418 e. The van der Waals surface area contributed by atoms with Crippen LogP contribution in [0.2, 0.25) is 0 Å². The second-order valence-corrected chi connectivity index (χ2v) is 8.22. The molecular formula is C22H30F3N5O. The molecule has 1 aromatic heterocycles. The van der Waals surface area contributed by atoms with E-state index in [0.29, 0.717) is 19.1 Å². The topological polar surface area (TPSA) is 53.4 Å². The molecule has 1 aromatic carbocycles. The van der Waals surface area contributed by atoms with E-state index in [4.69, 9.17) is 0 Å². The Bertz CT molecular complexity index is 880. The van der Waals surface area contributed by atoms with Crippen molar-refractivity contribution in [2.24, 2.45) is 0 Å². The number of hydrogen-bond acceptors (Lipinski definition) is 4. The lowest BCUT2D eigenvalue weighted by atomic mass is 10.1. The standard InChI is InChI=1S/C22H30F3N5O/c1-16(2)30-12-9-26-20(30)15-28-10-6-11-29(14-13-28)17(3)21(31)27-19-8-5-4-7-18(19)22(23,24)25/h4-5,7-9,12,16-17H,6,10-11,13-15H2,1-3H3,(H,27,31). The molecule has 0 radical (unpaired) electrons. The molecule has 1 amide bonds. The number of carbonyl (C=O) groups is 1. The summed E-state index contributed by atoms with van der Waals surface area (Å²) in [5.41, 5.74) is -1.04. The molecule has 1 N–H and O–H groups in total. The number of carbonyl (C=O) groups excluding carboxylic acids is 1. The number of anilines is 1. The second-order valence-electron chi connectivity index (χ2n) is 8.22. The van der Waals surface area contributed by atoms with Gasteiger partial charge < -0.3 is 9.88 Å². The molecule has 2 heterocycles. The van der Waals surface area contributed by atoms with E-state index in [2.05, 4.69) is 33.6 Å². The third-order valence-electron chi connectivity index (χ3n) is 5.71. The van der Waals surface area contributed by atoms with Crippen molar-refractivity contribution in [2.75, 3.05) is 31.5 Å². The lowest BCUT2D eigenvalue weighted by Crippen LogP contribution is -2.44. The van der Waals surface area contributed by atoms with Gasteiger partial charge in [-0.3, -0.25) is 14.6 Å². The highest BCUT2D eigenvalue weighted by molar-refractivity contribution is 5.95. The van der Waals surface area contributed by atoms with Crippen LogP contribution < -0.4 is 5.32 Å². The molecular weight excluding hydrogens is 407 g/mol. The number of hydrogen-bond donors (Lipinski definition) is 1. The summed E-state index contributed by atoms with van der Waals surface area (Å²) in [6, 6.07) is 4.87. The fraction of sp³-hybridized carbons (Fsp3) is 0.545. The number of nitrogens with zero attached hydrogens (tertiary/aromatic N) is 4. The second kappa shape index (κ2) is 9.82. The minimum absolute atomic E-state index is 0.205. The number of benzene rings is 1. The Morgan fingerprint density at radius 1 is 1.13 bits per heavy atom. The van der Waals surface area contributed by atoms with Gasteiger partial charge in [0.2, 0.25) is 5.91 Å². The summed E-state index contributed by atoms with van der Waals surface area (Å²) in [5.74, 6) is 0.582. The molecule has 170 valence electrons. The van der Waals surface area contributed by atoms with E-state index in [0.717, 1.165) is 37.9 Å². The van der Waals surface area contributed by atoms with Crippen LogP contribution in [-0.2, 0) is 17.5 Å². The third kappa shape index (κ3) is 5.86. The summed E-state index contributed by atoms with van der Waals surface area (Å²) in [6.45, 7) is 9.74. The van der Waals surface area contributed by atoms with Gasteiger partial charge in [0.25, 0.3) is 0 Å². The monoisotopic (exact) mass is 437 g/mol. The minimum Gasteiger partial charge on any atom is -0.331 e. The molecule has 1 unspecified atom stereocenters. The molecule has 0 spiro atoms. The first-order valence-corrected chi connectivity index (χ1v) is 10.6. The molecule has 2 aromatic rings. The maximum absolute atomic E-state index is 13.2. The van der Waals surface area contributed by atoms with Crippen LogP contribution in [0.15, 0.2) is 36.7 Å². The van der Waals surface area contributed by atoms with Gasteiger partial charge >= 0.3 is 6.18 Å². The van der Waals surface area contributed by atoms with Crippen LogP contribution in [0.3, 0.4) is 0 Å². The lowest BCUT2D eigenvalue weighted by Gasteiger charge is -2.27. The summed E-state index contributed by atoms with van der Waals surface area (Å²) < 4.78 is 41.8. The first-order valence-electron chi connectivity index (χ1n) is 10.6. The van der Waals surface area contributed by atoms with E-state index >= 15 is 0 Å². The van der Waals surface area contributed by atoms with Crippen molar-refractivity contribution in [3.05, 3.63) is 48.0 Å². The molecule has 3 rings (SSSR count). The number of nitrogens with one attached hydrogen (secondary N) is 1. The van der Waals surface area contributed by atoms with Crippen molar-refractivity contribution in [1.82, 2.24) is 19.4 Å². The predicted molar refractivity (Wildman–Crippen MR) is 114 cm³/mol. The van der Waals surface area contributed by atoms with Gasteiger partial charge in [-0.05, 0) is 45.9 Å². The zero-order valence-electron chi connectivity index (χ0n) is 18.2. The summed E-state index contributed by atoms with van der Waals surface area (Å²) in [5, 5.41) is 2.47. The fourth-order valence-electron chi connectivity index (χ4n) is 3.92. The molecule has 31 heavy (non-hydrogen) atoms. The maximum Gasteiger partial charge on any atom is 0.418 e. The number of halogens is 3. The van der Waals surface area contributed by atoms with Gasteiger partial charge in [-0.1, -0.05) is 12.1 Å². The zero-order valence-corrected chi connectivity index (χ0v) is 18.2. The molecule has 1 aliphatic rings. The van der Waals surface area contributed by atoms with Crippen LogP contribution in [0.5, 0.6) is 0 Å². The SMILES string of the molecule is CC(C(=O)Nc1ccccc1C(F)(F)F)N1CCCN(Cc2nccn2C(C)C)CC1. The van der Waals surface area contributed by atoms with Gasteiger partial charge in [-0.2, -0.15) is 13.2 Å². The number of alkyl halides is 3. The molecule has 9 heteroatoms. The highest BCUT2D eigenvalue weighted by Crippen LogP contribution is 2.34. The van der Waals surface area contributed by atoms with Gasteiger partial charge in [-0.25, -0.2) is 4.98 Å². The lowest BCUT2D eigenvalue weighted by molar-refractivity contribution is -0.137. The molecule has 0 saturated carbocycles. The Hall–Kier alpha value is -2.39. The van der Waals surface area contributed by atoms with E-state index in [1.807, 2.05) is 17.3 Å². The number of amides is 1. The molecule has 1 aliphatic heterocycles. The van der Waals surface area contributed by atoms with Gasteiger partial charge in [0.1, 0.15) is 5.82 Å². The first-order chi connectivity index (χ1) is 14.7. The van der Waals surface area contributed by atoms with Crippen LogP contribution in [0, 0.1) is 0 Å². The van der Waals surface area contributed by atoms with E-state index < -0.39 is 23.7 Å². The molecule has 1 fully saturated rings. The van der Waals surface area contributed by atoms with Crippen molar-refractivity contribution < 1.29 is 18.0 Å². The van der Waals surface area contributed by atoms with Crippen molar-refractivity contribution >= 4 is 11.6 Å². The average molecular weight is 438 g/mol. The minimum atomic E-state index is -4.52. The zero-order chi connectivity index (χ0) is 22.6. The third-order valence-corrected chi connectivity index (χ3v) is 5.71. The fourth-order valence-corrected chi connectivity index (χ4v) is 3.92. The van der Waals surface area contributed by atoms with Gasteiger partial charge in [0.05, 0.1) is 23.8 Å². The Labute approximate surface area is 181 Å². The van der Waals surface area contributed by atoms with Crippen molar-refractivity contribution in [1.29, 1.82) is 0 Å². The van der Waals surface area contributed by atoms with E-state index in [1.165, 1.54) is 18.2 Å². The quantitative estimate of drug-likeness (QED) is 0.742. The molecule has 0 bridgehead atoms. The summed E-state index contributed by atoms with van der Waals surface area (Å²) in [4.78, 5) is 21.5. The van der Waals surface area contributed by atoms with E-state index in [1.54, 1.807) is 6.92 Å². The van der Waals surface area contributed by atoms with E-state index in [9.17, 15) is 18.0 Å². The maximum atomic E-state index is 13.2. The van der Waals surface area contributed by atoms with Crippen molar-refractivity contribution in [3.63, 3.8) is 0 Å². The van der Waals surface area contributed by atoms with Gasteiger partial charge in [0, 0.05) is 38.1 Å².